The zero-order valence-electron chi connectivity index (χ0n) is 15.0. The molecule has 1 aliphatic carbocycles. The highest BCUT2D eigenvalue weighted by Crippen LogP contribution is 2.43. The largest absolute Gasteiger partial charge is 0.468 e. The highest BCUT2D eigenvalue weighted by molar-refractivity contribution is 6.25. The number of hydrogen-bond acceptors (Lipinski definition) is 6. The van der Waals surface area contributed by atoms with Gasteiger partial charge in [-0.05, 0) is 18.3 Å². The maximum atomic E-state index is 13.1. The molecule has 0 aromatic heterocycles. The van der Waals surface area contributed by atoms with E-state index >= 15 is 0 Å². The molecule has 0 unspecified atom stereocenters. The maximum Gasteiger partial charge on any atom is 0.317 e. The van der Waals surface area contributed by atoms with E-state index in [0.717, 1.165) is 5.70 Å². The number of Topliss-reactive ketones (excluding diaryl/α,β-unsaturated/α-hetero) is 2. The van der Waals surface area contributed by atoms with Crippen molar-refractivity contribution in [2.24, 2.45) is 11.3 Å². The molecule has 2 rings (SSSR count). The fraction of sp³-hybridized carbons (Fsp3) is 0.722. The minimum Gasteiger partial charge on any atom is -0.468 e. The van der Waals surface area contributed by atoms with Crippen LogP contribution in [0.3, 0.4) is 0 Å². The standard InChI is InChI=1S/C18H27NO5/c1-5-6-13(20)14-12(19-7-9-24-10-8-19)11-18(2,3)15(16(14)21)17(22)23-4/h15H,5-11H2,1-4H3/t15-/m1/s1. The van der Waals surface area contributed by atoms with E-state index in [2.05, 4.69) is 4.90 Å². The van der Waals surface area contributed by atoms with Gasteiger partial charge >= 0.3 is 5.97 Å². The fourth-order valence-corrected chi connectivity index (χ4v) is 3.56. The lowest BCUT2D eigenvalue weighted by Crippen LogP contribution is -2.48. The number of esters is 1. The summed E-state index contributed by atoms with van der Waals surface area (Å²) in [5.74, 6) is -2.05. The molecule has 1 saturated heterocycles. The molecule has 0 aromatic carbocycles. The van der Waals surface area contributed by atoms with Crippen LogP contribution in [0.2, 0.25) is 0 Å². The first-order chi connectivity index (χ1) is 11.3. The van der Waals surface area contributed by atoms with Crippen molar-refractivity contribution >= 4 is 17.5 Å². The Kier molecular flexibility index (Phi) is 5.80. The van der Waals surface area contributed by atoms with Gasteiger partial charge < -0.3 is 14.4 Å². The summed E-state index contributed by atoms with van der Waals surface area (Å²) >= 11 is 0. The van der Waals surface area contributed by atoms with E-state index in [0.29, 0.717) is 45.6 Å². The van der Waals surface area contributed by atoms with Crippen LogP contribution in [0.1, 0.15) is 40.0 Å². The Labute approximate surface area is 143 Å². The van der Waals surface area contributed by atoms with Gasteiger partial charge in [-0.15, -0.1) is 0 Å². The number of ketones is 2. The Bertz CT molecular complexity index is 558. The van der Waals surface area contributed by atoms with Gasteiger partial charge in [0, 0.05) is 25.2 Å². The second kappa shape index (κ2) is 7.47. The molecule has 1 atom stereocenters. The lowest BCUT2D eigenvalue weighted by atomic mass is 9.66. The summed E-state index contributed by atoms with van der Waals surface area (Å²) in [6.45, 7) is 8.14. The first-order valence-corrected chi connectivity index (χ1v) is 8.54. The summed E-state index contributed by atoms with van der Waals surface area (Å²) in [4.78, 5) is 40.0. The molecule has 0 amide bonds. The van der Waals surface area contributed by atoms with E-state index in [4.69, 9.17) is 9.47 Å². The van der Waals surface area contributed by atoms with Crippen molar-refractivity contribution in [2.75, 3.05) is 33.4 Å². The molecule has 2 aliphatic rings. The molecule has 0 saturated carbocycles. The number of rotatable bonds is 5. The summed E-state index contributed by atoms with van der Waals surface area (Å²) in [7, 11) is 1.28. The molecule has 0 N–H and O–H groups in total. The van der Waals surface area contributed by atoms with Crippen molar-refractivity contribution in [1.82, 2.24) is 4.90 Å². The normalized spacial score (nSPS) is 24.1. The van der Waals surface area contributed by atoms with E-state index in [-0.39, 0.29) is 11.4 Å². The molecule has 0 spiro atoms. The first-order valence-electron chi connectivity index (χ1n) is 8.54. The SMILES string of the molecule is CCCC(=O)C1=C(N2CCOCC2)CC(C)(C)[C@@H](C(=O)OC)C1=O. The zero-order chi connectivity index (χ0) is 17.9. The highest BCUT2D eigenvalue weighted by atomic mass is 16.5. The Balaban J connectivity index is 2.50. The smallest absolute Gasteiger partial charge is 0.317 e. The summed E-state index contributed by atoms with van der Waals surface area (Å²) in [5.41, 5.74) is 0.383. The molecule has 1 fully saturated rings. The third-order valence-electron chi connectivity index (χ3n) is 4.79. The molecule has 134 valence electrons. The summed E-state index contributed by atoms with van der Waals surface area (Å²) < 4.78 is 10.2. The van der Waals surface area contributed by atoms with Crippen LogP contribution in [0, 0.1) is 11.3 Å². The highest BCUT2D eigenvalue weighted by Gasteiger charge is 2.49. The second-order valence-electron chi connectivity index (χ2n) is 7.08. The zero-order valence-corrected chi connectivity index (χ0v) is 15.0. The Hall–Kier alpha value is -1.69. The maximum absolute atomic E-state index is 13.1. The van der Waals surface area contributed by atoms with Gasteiger partial charge in [0.05, 0.1) is 25.9 Å². The number of morpholine rings is 1. The van der Waals surface area contributed by atoms with Gasteiger partial charge in [-0.2, -0.15) is 0 Å². The van der Waals surface area contributed by atoms with E-state index < -0.39 is 23.1 Å². The van der Waals surface area contributed by atoms with E-state index in [9.17, 15) is 14.4 Å². The van der Waals surface area contributed by atoms with Crippen molar-refractivity contribution in [3.8, 4) is 0 Å². The molecule has 0 bridgehead atoms. The number of methoxy groups -OCH3 is 1. The van der Waals surface area contributed by atoms with Crippen molar-refractivity contribution in [1.29, 1.82) is 0 Å². The van der Waals surface area contributed by atoms with Crippen LogP contribution in [-0.4, -0.2) is 55.8 Å². The van der Waals surface area contributed by atoms with Gasteiger partial charge in [-0.25, -0.2) is 0 Å². The number of carbonyl (C=O) groups excluding carboxylic acids is 3. The summed E-state index contributed by atoms with van der Waals surface area (Å²) in [6, 6.07) is 0. The molecule has 1 aliphatic heterocycles. The molecule has 24 heavy (non-hydrogen) atoms. The topological polar surface area (TPSA) is 72.9 Å². The lowest BCUT2D eigenvalue weighted by Gasteiger charge is -2.42. The predicted molar refractivity (Wildman–Crippen MR) is 88.2 cm³/mol. The van der Waals surface area contributed by atoms with Crippen molar-refractivity contribution < 1.29 is 23.9 Å². The first kappa shape index (κ1) is 18.6. The van der Waals surface area contributed by atoms with Crippen LogP contribution in [-0.2, 0) is 23.9 Å². The Morgan fingerprint density at radius 2 is 1.92 bits per heavy atom. The van der Waals surface area contributed by atoms with Gasteiger partial charge in [0.1, 0.15) is 5.92 Å². The predicted octanol–water partition coefficient (Wildman–Crippen LogP) is 1.73. The number of hydrogen-bond donors (Lipinski definition) is 0. The van der Waals surface area contributed by atoms with Crippen molar-refractivity contribution in [2.45, 2.75) is 40.0 Å². The average Bonchev–Trinajstić information content (AvgIpc) is 2.54. The quantitative estimate of drug-likeness (QED) is 0.432. The van der Waals surface area contributed by atoms with E-state index in [1.54, 1.807) is 0 Å². The lowest BCUT2D eigenvalue weighted by molar-refractivity contribution is -0.154. The van der Waals surface area contributed by atoms with Crippen LogP contribution in [0.5, 0.6) is 0 Å². The van der Waals surface area contributed by atoms with Crippen LogP contribution < -0.4 is 0 Å². The second-order valence-corrected chi connectivity index (χ2v) is 7.08. The molecular formula is C18H27NO5. The van der Waals surface area contributed by atoms with Crippen LogP contribution in [0.4, 0.5) is 0 Å². The van der Waals surface area contributed by atoms with Crippen molar-refractivity contribution in [3.05, 3.63) is 11.3 Å². The van der Waals surface area contributed by atoms with Crippen LogP contribution in [0.25, 0.3) is 0 Å². The molecule has 1 heterocycles. The Morgan fingerprint density at radius 1 is 1.29 bits per heavy atom. The minimum atomic E-state index is -0.928. The summed E-state index contributed by atoms with van der Waals surface area (Å²) in [6.07, 6.45) is 1.48. The van der Waals surface area contributed by atoms with Gasteiger partial charge in [-0.1, -0.05) is 20.8 Å². The average molecular weight is 337 g/mol. The number of ether oxygens (including phenoxy) is 2. The third-order valence-corrected chi connectivity index (χ3v) is 4.79. The molecule has 6 heteroatoms. The van der Waals surface area contributed by atoms with E-state index in [1.807, 2.05) is 20.8 Å². The molecular weight excluding hydrogens is 310 g/mol. The number of allylic oxidation sites excluding steroid dienone is 2. The van der Waals surface area contributed by atoms with Crippen LogP contribution in [0.15, 0.2) is 11.3 Å². The van der Waals surface area contributed by atoms with Gasteiger partial charge in [0.25, 0.3) is 0 Å². The van der Waals surface area contributed by atoms with Gasteiger partial charge in [0.2, 0.25) is 0 Å². The van der Waals surface area contributed by atoms with Gasteiger partial charge in [-0.3, -0.25) is 14.4 Å². The van der Waals surface area contributed by atoms with Gasteiger partial charge in [0.15, 0.2) is 11.6 Å². The third kappa shape index (κ3) is 3.53. The van der Waals surface area contributed by atoms with E-state index in [1.165, 1.54) is 7.11 Å². The molecule has 6 nitrogen and oxygen atoms in total. The van der Waals surface area contributed by atoms with Crippen LogP contribution >= 0.6 is 0 Å². The number of carbonyl (C=O) groups is 3. The minimum absolute atomic E-state index is 0.173. The fourth-order valence-electron chi connectivity index (χ4n) is 3.56. The Morgan fingerprint density at radius 3 is 2.46 bits per heavy atom. The molecule has 0 radical (unpaired) electrons. The van der Waals surface area contributed by atoms with Crippen molar-refractivity contribution in [3.63, 3.8) is 0 Å². The summed E-state index contributed by atoms with van der Waals surface area (Å²) in [5, 5.41) is 0. The molecule has 0 aromatic rings. The number of nitrogens with zero attached hydrogens (tertiary/aromatic N) is 1. The monoisotopic (exact) mass is 337 g/mol.